The van der Waals surface area contributed by atoms with E-state index < -0.39 is 0 Å². The lowest BCUT2D eigenvalue weighted by Gasteiger charge is -2.19. The van der Waals surface area contributed by atoms with Crippen LogP contribution in [0.2, 0.25) is 0 Å². The summed E-state index contributed by atoms with van der Waals surface area (Å²) in [6.45, 7) is 0. The van der Waals surface area contributed by atoms with Crippen molar-refractivity contribution in [2.75, 3.05) is 0 Å². The number of nitrogens with zero attached hydrogens (tertiary/aromatic N) is 2. The molecule has 2 nitrogen and oxygen atoms in total. The molecule has 1 aliphatic carbocycles. The molecule has 2 heteroatoms. The van der Waals surface area contributed by atoms with Gasteiger partial charge in [-0.15, -0.1) is 0 Å². The van der Waals surface area contributed by atoms with Crippen LogP contribution in [0.3, 0.4) is 0 Å². The predicted octanol–water partition coefficient (Wildman–Crippen LogP) is 16.0. The molecule has 0 atom stereocenters. The van der Waals surface area contributed by atoms with E-state index in [0.717, 1.165) is 12.8 Å². The lowest BCUT2D eigenvalue weighted by atomic mass is 9.88. The van der Waals surface area contributed by atoms with E-state index in [1.54, 1.807) is 0 Å². The molecule has 0 saturated carbocycles. The van der Waals surface area contributed by atoms with Crippen LogP contribution in [0, 0.1) is 0 Å². The van der Waals surface area contributed by atoms with Crippen molar-refractivity contribution in [1.82, 2.24) is 9.13 Å². The molecule has 12 aromatic rings. The normalized spacial score (nSPS) is 12.8. The van der Waals surface area contributed by atoms with Crippen LogP contribution in [0.25, 0.3) is 110 Å². The minimum absolute atomic E-state index is 1.02. The van der Waals surface area contributed by atoms with Gasteiger partial charge in [0.05, 0.1) is 27.9 Å². The molecule has 0 aliphatic heterocycles. The molecular formula is C60H40N2. The molecule has 0 spiro atoms. The van der Waals surface area contributed by atoms with E-state index in [2.05, 4.69) is 228 Å². The number of hydrogen-bond acceptors (Lipinski definition) is 0. The number of aryl methyl sites for hydroxylation is 1. The lowest BCUT2D eigenvalue weighted by molar-refractivity contribution is 0.982. The summed E-state index contributed by atoms with van der Waals surface area (Å²) in [6, 6.07) is 78.4. The van der Waals surface area contributed by atoms with Gasteiger partial charge in [0, 0.05) is 27.2 Å². The summed E-state index contributed by atoms with van der Waals surface area (Å²) in [5, 5.41) is 11.4. The maximum absolute atomic E-state index is 2.48. The van der Waals surface area contributed by atoms with Crippen molar-refractivity contribution in [3.63, 3.8) is 0 Å². The van der Waals surface area contributed by atoms with Crippen molar-refractivity contribution < 1.29 is 0 Å². The molecule has 62 heavy (non-hydrogen) atoms. The van der Waals surface area contributed by atoms with Gasteiger partial charge in [0.15, 0.2) is 0 Å². The Balaban J connectivity index is 0.941. The SMILES string of the molecule is C1=C(c2cccc3ccccc23)CCc2c1n(-c1ccc(-c3ccc(-n4c5ccccc5c5ccc(-c6cccc7ccccc67)cc54)c4ccccc34)cc1)c1ccccc21. The van der Waals surface area contributed by atoms with Crippen LogP contribution in [-0.4, -0.2) is 9.13 Å². The first-order valence-electron chi connectivity index (χ1n) is 21.7. The quantitative estimate of drug-likeness (QED) is 0.164. The van der Waals surface area contributed by atoms with Gasteiger partial charge in [-0.2, -0.15) is 0 Å². The molecule has 290 valence electrons. The Kier molecular flexibility index (Phi) is 7.77. The average molecular weight is 789 g/mol. The van der Waals surface area contributed by atoms with Crippen LogP contribution in [-0.2, 0) is 6.42 Å². The number of benzene rings is 10. The molecule has 13 rings (SSSR count). The van der Waals surface area contributed by atoms with E-state index >= 15 is 0 Å². The first-order valence-corrected chi connectivity index (χ1v) is 21.7. The molecule has 2 aromatic heterocycles. The van der Waals surface area contributed by atoms with Crippen LogP contribution in [0.1, 0.15) is 23.2 Å². The molecule has 0 amide bonds. The third-order valence-corrected chi connectivity index (χ3v) is 13.5. The smallest absolute Gasteiger partial charge is 0.0547 e. The van der Waals surface area contributed by atoms with Gasteiger partial charge in [-0.25, -0.2) is 0 Å². The predicted molar refractivity (Wildman–Crippen MR) is 264 cm³/mol. The van der Waals surface area contributed by atoms with Crippen molar-refractivity contribution in [2.45, 2.75) is 12.8 Å². The molecule has 0 N–H and O–H groups in total. The summed E-state index contributed by atoms with van der Waals surface area (Å²) in [6.07, 6.45) is 4.50. The Morgan fingerprint density at radius 1 is 0.323 bits per heavy atom. The van der Waals surface area contributed by atoms with E-state index in [0.29, 0.717) is 0 Å². The zero-order valence-electron chi connectivity index (χ0n) is 34.1. The maximum atomic E-state index is 2.48. The molecule has 0 saturated heterocycles. The summed E-state index contributed by atoms with van der Waals surface area (Å²) >= 11 is 0. The van der Waals surface area contributed by atoms with E-state index in [4.69, 9.17) is 0 Å². The van der Waals surface area contributed by atoms with Crippen molar-refractivity contribution in [3.05, 3.63) is 229 Å². The Bertz CT molecular complexity index is 3790. The maximum Gasteiger partial charge on any atom is 0.0547 e. The van der Waals surface area contributed by atoms with E-state index in [1.807, 2.05) is 0 Å². The molecule has 0 fully saturated rings. The average Bonchev–Trinajstić information content (AvgIpc) is 3.85. The number of rotatable bonds is 5. The lowest BCUT2D eigenvalue weighted by Crippen LogP contribution is -2.03. The summed E-state index contributed by atoms with van der Waals surface area (Å²) in [7, 11) is 0. The number of hydrogen-bond donors (Lipinski definition) is 0. The summed E-state index contributed by atoms with van der Waals surface area (Å²) in [4.78, 5) is 0. The summed E-state index contributed by atoms with van der Waals surface area (Å²) in [5.74, 6) is 0. The second-order valence-electron chi connectivity index (χ2n) is 16.7. The minimum atomic E-state index is 1.02. The fourth-order valence-corrected chi connectivity index (χ4v) is 10.6. The van der Waals surface area contributed by atoms with Gasteiger partial charge in [-0.1, -0.05) is 176 Å². The first kappa shape index (κ1) is 34.9. The largest absolute Gasteiger partial charge is 0.310 e. The van der Waals surface area contributed by atoms with Gasteiger partial charge >= 0.3 is 0 Å². The first-order chi connectivity index (χ1) is 30.8. The van der Waals surface area contributed by atoms with Crippen molar-refractivity contribution >= 4 is 76.7 Å². The number of allylic oxidation sites excluding steroid dienone is 1. The van der Waals surface area contributed by atoms with Gasteiger partial charge in [-0.05, 0) is 121 Å². The number of fused-ring (bicyclic) bond motifs is 9. The standard InChI is InChI=1S/C60H40N2/c1-3-17-45-39(13-1)15-11-23-47(45)42-29-33-54-52-21-7-9-25-56(52)61(59(54)37-42)44-31-27-41(28-32-44)49-35-36-58(51-20-6-5-19-50(49)51)62-57-26-10-8-22-53(57)55-34-30-43(38-60(55)62)48-24-12-16-40-14-2-4-18-46(40)48/h1-28,30-32,34-38H,29,33H2. The fourth-order valence-electron chi connectivity index (χ4n) is 10.6. The summed E-state index contributed by atoms with van der Waals surface area (Å²) in [5.41, 5.74) is 16.4. The Morgan fingerprint density at radius 3 is 1.63 bits per heavy atom. The van der Waals surface area contributed by atoms with Gasteiger partial charge in [0.25, 0.3) is 0 Å². The highest BCUT2D eigenvalue weighted by molar-refractivity contribution is 6.13. The third-order valence-electron chi connectivity index (χ3n) is 13.5. The van der Waals surface area contributed by atoms with Crippen LogP contribution < -0.4 is 0 Å². The van der Waals surface area contributed by atoms with Crippen molar-refractivity contribution in [2.24, 2.45) is 0 Å². The van der Waals surface area contributed by atoms with Crippen LogP contribution >= 0.6 is 0 Å². The van der Waals surface area contributed by atoms with E-state index in [9.17, 15) is 0 Å². The summed E-state index contributed by atoms with van der Waals surface area (Å²) < 4.78 is 4.96. The molecule has 10 aromatic carbocycles. The molecular weight excluding hydrogens is 749 g/mol. The topological polar surface area (TPSA) is 9.86 Å². The third kappa shape index (κ3) is 5.30. The highest BCUT2D eigenvalue weighted by Crippen LogP contribution is 2.43. The van der Waals surface area contributed by atoms with Crippen molar-refractivity contribution in [3.8, 4) is 33.6 Å². The molecule has 1 aliphatic rings. The van der Waals surface area contributed by atoms with Crippen LogP contribution in [0.4, 0.5) is 0 Å². The number of aromatic nitrogens is 2. The second-order valence-corrected chi connectivity index (χ2v) is 16.7. The molecule has 0 radical (unpaired) electrons. The van der Waals surface area contributed by atoms with Gasteiger partial charge in [0.1, 0.15) is 0 Å². The Hall–Kier alpha value is -7.94. The van der Waals surface area contributed by atoms with Crippen molar-refractivity contribution in [1.29, 1.82) is 0 Å². The molecule has 0 bridgehead atoms. The van der Waals surface area contributed by atoms with Gasteiger partial charge in [0.2, 0.25) is 0 Å². The Morgan fingerprint density at radius 2 is 0.871 bits per heavy atom. The van der Waals surface area contributed by atoms with E-state index in [-0.39, 0.29) is 0 Å². The Labute approximate surface area is 359 Å². The van der Waals surface area contributed by atoms with Crippen LogP contribution in [0.15, 0.2) is 212 Å². The highest BCUT2D eigenvalue weighted by Gasteiger charge is 2.23. The molecule has 0 unspecified atom stereocenters. The van der Waals surface area contributed by atoms with Gasteiger partial charge in [-0.3, -0.25) is 0 Å². The number of para-hydroxylation sites is 2. The highest BCUT2D eigenvalue weighted by atomic mass is 15.0. The van der Waals surface area contributed by atoms with Crippen LogP contribution in [0.5, 0.6) is 0 Å². The zero-order chi connectivity index (χ0) is 40.7. The van der Waals surface area contributed by atoms with E-state index in [1.165, 1.54) is 121 Å². The van der Waals surface area contributed by atoms with Gasteiger partial charge < -0.3 is 9.13 Å². The fraction of sp³-hybridized carbons (Fsp3) is 0.0333. The minimum Gasteiger partial charge on any atom is -0.310 e. The monoisotopic (exact) mass is 788 g/mol. The molecule has 2 heterocycles. The second kappa shape index (κ2) is 13.8. The zero-order valence-corrected chi connectivity index (χ0v) is 34.1.